The van der Waals surface area contributed by atoms with Gasteiger partial charge in [0.2, 0.25) is 5.91 Å². The topological polar surface area (TPSA) is 119 Å². The van der Waals surface area contributed by atoms with Crippen molar-refractivity contribution in [1.29, 1.82) is 0 Å². The number of amides is 1. The van der Waals surface area contributed by atoms with E-state index in [0.717, 1.165) is 22.7 Å². The maximum absolute atomic E-state index is 14.0. The van der Waals surface area contributed by atoms with Crippen LogP contribution >= 0.6 is 0 Å². The molecule has 1 aliphatic rings. The third-order valence-corrected chi connectivity index (χ3v) is 8.94. The second-order valence-electron chi connectivity index (χ2n) is 8.83. The molecule has 4 N–H and O–H groups in total. The van der Waals surface area contributed by atoms with Gasteiger partial charge >= 0.3 is 0 Å². The van der Waals surface area contributed by atoms with Crippen LogP contribution in [0.4, 0.5) is 4.39 Å². The summed E-state index contributed by atoms with van der Waals surface area (Å²) in [5, 5.41) is 1.13. The Hall–Kier alpha value is -3.89. The van der Waals surface area contributed by atoms with Crippen molar-refractivity contribution in [3.63, 3.8) is 0 Å². The van der Waals surface area contributed by atoms with E-state index in [1.54, 1.807) is 24.3 Å². The molecule has 1 heterocycles. The average Bonchev–Trinajstić information content (AvgIpc) is 3.36. The zero-order valence-electron chi connectivity index (χ0n) is 20.2. The highest BCUT2D eigenvalue weighted by molar-refractivity contribution is 7.92. The van der Waals surface area contributed by atoms with Gasteiger partial charge in [-0.2, -0.15) is 0 Å². The number of hydrogen-bond acceptors (Lipinski definition) is 7. The molecule has 3 aromatic rings. The highest BCUT2D eigenvalue weighted by atomic mass is 32.2. The van der Waals surface area contributed by atoms with Gasteiger partial charge in [0.05, 0.1) is 4.90 Å². The van der Waals surface area contributed by atoms with Crippen LogP contribution in [0, 0.1) is 5.82 Å². The SMILES string of the molecule is N/C=C\N(N)CC(=O)N1CCC(c2ccc(OCc3ccccc3)cc2)(S(=O)(=O)c2ccc(F)cc2)C1. The molecule has 37 heavy (non-hydrogen) atoms. The summed E-state index contributed by atoms with van der Waals surface area (Å²) in [4.78, 5) is 14.4. The van der Waals surface area contributed by atoms with Gasteiger partial charge in [-0.1, -0.05) is 42.5 Å². The first-order valence-corrected chi connectivity index (χ1v) is 13.2. The van der Waals surface area contributed by atoms with Crippen LogP contribution in [0.15, 0.2) is 96.2 Å². The zero-order valence-corrected chi connectivity index (χ0v) is 21.0. The molecule has 0 saturated carbocycles. The number of likely N-dealkylation sites (tertiary alicyclic amines) is 1. The molecule has 0 bridgehead atoms. The van der Waals surface area contributed by atoms with Gasteiger partial charge < -0.3 is 20.4 Å². The van der Waals surface area contributed by atoms with E-state index in [-0.39, 0.29) is 36.9 Å². The van der Waals surface area contributed by atoms with E-state index < -0.39 is 20.4 Å². The third-order valence-electron chi connectivity index (χ3n) is 6.45. The van der Waals surface area contributed by atoms with Crippen LogP contribution in [0.2, 0.25) is 0 Å². The molecule has 0 aromatic heterocycles. The van der Waals surface area contributed by atoms with Crippen LogP contribution in [0.3, 0.4) is 0 Å². The standard InChI is InChI=1S/C27H29FN4O4S/c28-23-8-12-25(13-9-23)37(34,35)27(14-16-31(20-27)26(33)18-32(30)17-15-29)22-6-10-24(11-7-22)36-19-21-4-2-1-3-5-21/h1-13,15,17H,14,16,18-20,29-30H2/b17-15-. The van der Waals surface area contributed by atoms with Crippen molar-refractivity contribution in [3.8, 4) is 5.75 Å². The van der Waals surface area contributed by atoms with Crippen molar-refractivity contribution in [1.82, 2.24) is 9.91 Å². The number of ether oxygens (including phenoxy) is 1. The van der Waals surface area contributed by atoms with Gasteiger partial charge in [0.1, 0.15) is 29.5 Å². The fourth-order valence-electron chi connectivity index (χ4n) is 4.46. The number of hydrogen-bond donors (Lipinski definition) is 2. The summed E-state index contributed by atoms with van der Waals surface area (Å²) in [5.41, 5.74) is 6.86. The fraction of sp³-hybridized carbons (Fsp3) is 0.222. The predicted octanol–water partition coefficient (Wildman–Crippen LogP) is 2.91. The number of halogens is 1. The summed E-state index contributed by atoms with van der Waals surface area (Å²) < 4.78 is 46.0. The van der Waals surface area contributed by atoms with Crippen LogP contribution in [0.5, 0.6) is 5.75 Å². The first-order chi connectivity index (χ1) is 17.7. The second kappa shape index (κ2) is 11.0. The third kappa shape index (κ3) is 5.60. The first-order valence-electron chi connectivity index (χ1n) is 11.7. The fourth-order valence-corrected chi connectivity index (χ4v) is 6.54. The molecule has 0 aliphatic carbocycles. The van der Waals surface area contributed by atoms with Crippen LogP contribution < -0.4 is 16.3 Å². The number of hydrazine groups is 1. The van der Waals surface area contributed by atoms with E-state index >= 15 is 0 Å². The monoisotopic (exact) mass is 524 g/mol. The first kappa shape index (κ1) is 26.2. The summed E-state index contributed by atoms with van der Waals surface area (Å²) in [6.07, 6.45) is 2.73. The molecule has 1 amide bonds. The van der Waals surface area contributed by atoms with Crippen LogP contribution in [-0.2, 0) is 26.0 Å². The number of carbonyl (C=O) groups is 1. The lowest BCUT2D eigenvalue weighted by Gasteiger charge is -2.30. The number of carbonyl (C=O) groups excluding carboxylic acids is 1. The van der Waals surface area contributed by atoms with E-state index in [2.05, 4.69) is 0 Å². The molecule has 0 radical (unpaired) electrons. The van der Waals surface area contributed by atoms with Gasteiger partial charge in [-0.15, -0.1) is 0 Å². The van der Waals surface area contributed by atoms with Crippen molar-refractivity contribution >= 4 is 15.7 Å². The quantitative estimate of drug-likeness (QED) is 0.251. The Morgan fingerprint density at radius 3 is 2.38 bits per heavy atom. The van der Waals surface area contributed by atoms with Gasteiger partial charge in [0.15, 0.2) is 9.84 Å². The maximum Gasteiger partial charge on any atom is 0.243 e. The molecule has 1 atom stereocenters. The average molecular weight is 525 g/mol. The molecule has 3 aromatic carbocycles. The van der Waals surface area contributed by atoms with Crippen LogP contribution in [0.25, 0.3) is 0 Å². The van der Waals surface area contributed by atoms with Gasteiger partial charge in [0, 0.05) is 25.5 Å². The molecule has 1 saturated heterocycles. The number of nitrogens with two attached hydrogens (primary N) is 2. The zero-order chi connectivity index (χ0) is 26.5. The largest absolute Gasteiger partial charge is 0.489 e. The molecule has 1 aliphatic heterocycles. The highest BCUT2D eigenvalue weighted by Gasteiger charge is 2.52. The number of benzene rings is 3. The van der Waals surface area contributed by atoms with E-state index in [1.807, 2.05) is 30.3 Å². The van der Waals surface area contributed by atoms with Crippen LogP contribution in [0.1, 0.15) is 17.5 Å². The molecular formula is C27H29FN4O4S. The molecule has 10 heteroatoms. The van der Waals surface area contributed by atoms with Crippen molar-refractivity contribution in [2.24, 2.45) is 11.6 Å². The van der Waals surface area contributed by atoms with E-state index in [1.165, 1.54) is 29.4 Å². The molecule has 1 unspecified atom stereocenters. The summed E-state index contributed by atoms with van der Waals surface area (Å²) in [7, 11) is -4.02. The smallest absolute Gasteiger partial charge is 0.243 e. The molecule has 1 fully saturated rings. The highest BCUT2D eigenvalue weighted by Crippen LogP contribution is 2.43. The van der Waals surface area contributed by atoms with Gasteiger partial charge in [-0.3, -0.25) is 4.79 Å². The van der Waals surface area contributed by atoms with Crippen molar-refractivity contribution in [2.75, 3.05) is 19.6 Å². The van der Waals surface area contributed by atoms with Crippen molar-refractivity contribution in [3.05, 3.63) is 108 Å². The normalized spacial score (nSPS) is 17.7. The lowest BCUT2D eigenvalue weighted by atomic mass is 9.97. The van der Waals surface area contributed by atoms with E-state index in [0.29, 0.717) is 17.9 Å². The summed E-state index contributed by atoms with van der Waals surface area (Å²) >= 11 is 0. The Morgan fingerprint density at radius 1 is 1.05 bits per heavy atom. The molecule has 8 nitrogen and oxygen atoms in total. The van der Waals surface area contributed by atoms with E-state index in [4.69, 9.17) is 16.3 Å². The predicted molar refractivity (Wildman–Crippen MR) is 138 cm³/mol. The Kier molecular flexibility index (Phi) is 7.80. The summed E-state index contributed by atoms with van der Waals surface area (Å²) in [5.74, 6) is 5.48. The van der Waals surface area contributed by atoms with Gasteiger partial charge in [0.25, 0.3) is 0 Å². The van der Waals surface area contributed by atoms with Gasteiger partial charge in [-0.25, -0.2) is 18.7 Å². The summed E-state index contributed by atoms with van der Waals surface area (Å²) in [6.45, 7) is 0.350. The molecular weight excluding hydrogens is 495 g/mol. The number of rotatable bonds is 9. The minimum Gasteiger partial charge on any atom is -0.489 e. The Bertz CT molecular complexity index is 1350. The Balaban J connectivity index is 1.64. The maximum atomic E-state index is 14.0. The minimum absolute atomic E-state index is 0.0147. The molecule has 194 valence electrons. The molecule has 0 spiro atoms. The Morgan fingerprint density at radius 2 is 1.73 bits per heavy atom. The summed E-state index contributed by atoms with van der Waals surface area (Å²) in [6, 6.07) is 21.3. The lowest BCUT2D eigenvalue weighted by molar-refractivity contribution is -0.130. The molecule has 4 rings (SSSR count). The van der Waals surface area contributed by atoms with Crippen molar-refractivity contribution < 1.29 is 22.3 Å². The number of sulfone groups is 1. The number of nitrogens with zero attached hydrogens (tertiary/aromatic N) is 2. The van der Waals surface area contributed by atoms with Crippen molar-refractivity contribution in [2.45, 2.75) is 22.7 Å². The lowest BCUT2D eigenvalue weighted by Crippen LogP contribution is -2.44. The van der Waals surface area contributed by atoms with Gasteiger partial charge in [-0.05, 0) is 53.9 Å². The Labute approximate surface area is 215 Å². The second-order valence-corrected chi connectivity index (χ2v) is 11.1. The van der Waals surface area contributed by atoms with Crippen LogP contribution in [-0.4, -0.2) is 43.9 Å². The minimum atomic E-state index is -4.02. The van der Waals surface area contributed by atoms with E-state index in [9.17, 15) is 17.6 Å².